The van der Waals surface area contributed by atoms with Crippen LogP contribution in [0.15, 0.2) is 30.5 Å². The Labute approximate surface area is 190 Å². The Hall–Kier alpha value is -1.60. The zero-order chi connectivity index (χ0) is 21.5. The average molecular weight is 447 g/mol. The monoisotopic (exact) mass is 446 g/mol. The number of amides is 1. The maximum absolute atomic E-state index is 13.1. The fourth-order valence-corrected chi connectivity index (χ4v) is 4.91. The number of hydrogen-bond donors (Lipinski definition) is 2. The van der Waals surface area contributed by atoms with Crippen LogP contribution in [0.3, 0.4) is 0 Å². The molecule has 170 valence electrons. The van der Waals surface area contributed by atoms with E-state index in [2.05, 4.69) is 10.6 Å². The SMILES string of the molecule is O=C(c1ccc(Cl)c(N2C=CCNC2)c1)N1CCC(COCCC2CCNCC2)CC1. The van der Waals surface area contributed by atoms with Crippen LogP contribution in [0.1, 0.15) is 42.5 Å². The summed E-state index contributed by atoms with van der Waals surface area (Å²) in [4.78, 5) is 17.1. The third-order valence-electron chi connectivity index (χ3n) is 6.72. The normalized spacial score (nSPS) is 20.9. The molecule has 4 rings (SSSR count). The van der Waals surface area contributed by atoms with Crippen molar-refractivity contribution < 1.29 is 9.53 Å². The van der Waals surface area contributed by atoms with Gasteiger partial charge in [0.25, 0.3) is 5.91 Å². The molecule has 0 aliphatic carbocycles. The van der Waals surface area contributed by atoms with E-state index >= 15 is 0 Å². The number of nitrogens with one attached hydrogen (secondary N) is 2. The van der Waals surface area contributed by atoms with Gasteiger partial charge < -0.3 is 19.9 Å². The Morgan fingerprint density at radius 3 is 2.65 bits per heavy atom. The molecule has 2 fully saturated rings. The molecular weight excluding hydrogens is 412 g/mol. The van der Waals surface area contributed by atoms with E-state index in [-0.39, 0.29) is 5.91 Å². The van der Waals surface area contributed by atoms with Crippen molar-refractivity contribution in [1.29, 1.82) is 0 Å². The first kappa shape index (κ1) is 22.6. The molecule has 0 aromatic heterocycles. The van der Waals surface area contributed by atoms with Crippen LogP contribution >= 0.6 is 11.6 Å². The maximum atomic E-state index is 13.1. The molecule has 3 aliphatic heterocycles. The highest BCUT2D eigenvalue weighted by atomic mass is 35.5. The number of hydrogen-bond acceptors (Lipinski definition) is 5. The van der Waals surface area contributed by atoms with Gasteiger partial charge >= 0.3 is 0 Å². The van der Waals surface area contributed by atoms with E-state index in [1.54, 1.807) is 0 Å². The molecule has 0 spiro atoms. The molecule has 3 heterocycles. The molecule has 0 atom stereocenters. The highest BCUT2D eigenvalue weighted by Crippen LogP contribution is 2.29. The number of carbonyl (C=O) groups excluding carboxylic acids is 1. The van der Waals surface area contributed by atoms with Crippen LogP contribution in [-0.4, -0.2) is 63.4 Å². The zero-order valence-electron chi connectivity index (χ0n) is 18.3. The van der Waals surface area contributed by atoms with E-state index in [1.807, 2.05) is 40.3 Å². The molecule has 0 saturated carbocycles. The van der Waals surface area contributed by atoms with Gasteiger partial charge in [-0.2, -0.15) is 0 Å². The molecule has 6 nitrogen and oxygen atoms in total. The fraction of sp³-hybridized carbons (Fsp3) is 0.625. The van der Waals surface area contributed by atoms with Crippen LogP contribution in [0, 0.1) is 11.8 Å². The molecule has 0 radical (unpaired) electrons. The predicted octanol–water partition coefficient (Wildman–Crippen LogP) is 3.48. The van der Waals surface area contributed by atoms with Crippen LogP contribution in [0.2, 0.25) is 5.02 Å². The van der Waals surface area contributed by atoms with Gasteiger partial charge in [0.2, 0.25) is 0 Å². The summed E-state index contributed by atoms with van der Waals surface area (Å²) < 4.78 is 6.00. The summed E-state index contributed by atoms with van der Waals surface area (Å²) >= 11 is 6.40. The standard InChI is InChI=1S/C24H35ClN4O2/c25-22-3-2-21(16-23(22)29-12-1-9-27-18-29)24(30)28-13-6-20(7-14-28)17-31-15-8-19-4-10-26-11-5-19/h1-3,12,16,19-20,26-27H,4-11,13-15,17-18H2. The Morgan fingerprint density at radius 2 is 1.90 bits per heavy atom. The number of piperidine rings is 2. The molecule has 0 unspecified atom stereocenters. The second-order valence-corrected chi connectivity index (χ2v) is 9.33. The fourth-order valence-electron chi connectivity index (χ4n) is 4.69. The Morgan fingerprint density at radius 1 is 1.10 bits per heavy atom. The average Bonchev–Trinajstić information content (AvgIpc) is 2.83. The molecule has 2 N–H and O–H groups in total. The number of halogens is 1. The maximum Gasteiger partial charge on any atom is 0.253 e. The number of likely N-dealkylation sites (tertiary alicyclic amines) is 1. The summed E-state index contributed by atoms with van der Waals surface area (Å²) in [6, 6.07) is 5.58. The summed E-state index contributed by atoms with van der Waals surface area (Å²) in [6.07, 6.45) is 9.83. The molecule has 2 saturated heterocycles. The third kappa shape index (κ3) is 6.22. The third-order valence-corrected chi connectivity index (χ3v) is 7.04. The lowest BCUT2D eigenvalue weighted by atomic mass is 9.95. The van der Waals surface area contributed by atoms with Crippen LogP contribution in [0.4, 0.5) is 5.69 Å². The molecule has 3 aliphatic rings. The van der Waals surface area contributed by atoms with Crippen LogP contribution in [0.5, 0.6) is 0 Å². The van der Waals surface area contributed by atoms with Crippen molar-refractivity contribution in [3.63, 3.8) is 0 Å². The summed E-state index contributed by atoms with van der Waals surface area (Å²) in [5, 5.41) is 7.36. The van der Waals surface area contributed by atoms with E-state index in [1.165, 1.54) is 19.3 Å². The first-order chi connectivity index (χ1) is 15.2. The second-order valence-electron chi connectivity index (χ2n) is 8.93. The van der Waals surface area contributed by atoms with Crippen LogP contribution in [-0.2, 0) is 4.74 Å². The van der Waals surface area contributed by atoms with E-state index in [0.717, 1.165) is 70.4 Å². The van der Waals surface area contributed by atoms with Crippen LogP contribution in [0.25, 0.3) is 0 Å². The van der Waals surface area contributed by atoms with E-state index in [4.69, 9.17) is 16.3 Å². The number of anilines is 1. The molecular formula is C24H35ClN4O2. The Kier molecular flexibility index (Phi) is 8.25. The lowest BCUT2D eigenvalue weighted by Crippen LogP contribution is -2.39. The zero-order valence-corrected chi connectivity index (χ0v) is 19.1. The first-order valence-corrected chi connectivity index (χ1v) is 12.1. The summed E-state index contributed by atoms with van der Waals surface area (Å²) in [5.41, 5.74) is 1.57. The minimum atomic E-state index is 0.0946. The molecule has 1 aromatic carbocycles. The van der Waals surface area contributed by atoms with E-state index in [9.17, 15) is 4.79 Å². The van der Waals surface area contributed by atoms with Crippen molar-refractivity contribution in [3.05, 3.63) is 41.1 Å². The van der Waals surface area contributed by atoms with Gasteiger partial charge in [-0.15, -0.1) is 0 Å². The van der Waals surface area contributed by atoms with Crippen molar-refractivity contribution in [2.45, 2.75) is 32.1 Å². The summed E-state index contributed by atoms with van der Waals surface area (Å²) in [6.45, 7) is 7.13. The molecule has 0 bridgehead atoms. The predicted molar refractivity (Wildman–Crippen MR) is 126 cm³/mol. The molecule has 1 amide bonds. The van der Waals surface area contributed by atoms with Crippen molar-refractivity contribution >= 4 is 23.2 Å². The lowest BCUT2D eigenvalue weighted by molar-refractivity contribution is 0.0482. The van der Waals surface area contributed by atoms with Crippen molar-refractivity contribution in [3.8, 4) is 0 Å². The Balaban J connectivity index is 1.23. The number of benzene rings is 1. The van der Waals surface area contributed by atoms with Gasteiger partial charge in [0.1, 0.15) is 0 Å². The number of ether oxygens (including phenoxy) is 1. The van der Waals surface area contributed by atoms with Gasteiger partial charge in [0.05, 0.1) is 17.4 Å². The highest BCUT2D eigenvalue weighted by molar-refractivity contribution is 6.33. The van der Waals surface area contributed by atoms with Gasteiger partial charge in [0, 0.05) is 44.6 Å². The summed E-state index contributed by atoms with van der Waals surface area (Å²) in [7, 11) is 0. The van der Waals surface area contributed by atoms with Gasteiger partial charge in [0.15, 0.2) is 0 Å². The lowest BCUT2D eigenvalue weighted by Gasteiger charge is -2.32. The smallest absolute Gasteiger partial charge is 0.253 e. The molecule has 31 heavy (non-hydrogen) atoms. The number of rotatable bonds is 7. The number of nitrogens with zero attached hydrogens (tertiary/aromatic N) is 2. The Bertz CT molecular complexity index is 758. The molecule has 7 heteroatoms. The number of carbonyl (C=O) groups is 1. The van der Waals surface area contributed by atoms with E-state index < -0.39 is 0 Å². The minimum Gasteiger partial charge on any atom is -0.381 e. The topological polar surface area (TPSA) is 56.8 Å². The highest BCUT2D eigenvalue weighted by Gasteiger charge is 2.25. The molecule has 1 aromatic rings. The first-order valence-electron chi connectivity index (χ1n) is 11.7. The van der Waals surface area contributed by atoms with Gasteiger partial charge in [-0.25, -0.2) is 0 Å². The summed E-state index contributed by atoms with van der Waals surface area (Å²) in [5.74, 6) is 1.47. The van der Waals surface area contributed by atoms with Crippen molar-refractivity contribution in [1.82, 2.24) is 15.5 Å². The van der Waals surface area contributed by atoms with Gasteiger partial charge in [-0.1, -0.05) is 17.7 Å². The quantitative estimate of drug-likeness (QED) is 0.628. The van der Waals surface area contributed by atoms with E-state index in [0.29, 0.717) is 23.2 Å². The van der Waals surface area contributed by atoms with Crippen molar-refractivity contribution in [2.75, 3.05) is 57.5 Å². The van der Waals surface area contributed by atoms with Gasteiger partial charge in [-0.05, 0) is 75.2 Å². The minimum absolute atomic E-state index is 0.0946. The second kappa shape index (κ2) is 11.3. The largest absolute Gasteiger partial charge is 0.381 e. The van der Waals surface area contributed by atoms with Gasteiger partial charge in [-0.3, -0.25) is 10.1 Å². The van der Waals surface area contributed by atoms with Crippen molar-refractivity contribution in [2.24, 2.45) is 11.8 Å². The van der Waals surface area contributed by atoms with Crippen LogP contribution < -0.4 is 15.5 Å².